The maximum Gasteiger partial charge on any atom is 0.303 e. The fourth-order valence-electron chi connectivity index (χ4n) is 3.16. The van der Waals surface area contributed by atoms with Gasteiger partial charge < -0.3 is 20.5 Å². The topological polar surface area (TPSA) is 87.7 Å². The molecule has 1 saturated heterocycles. The zero-order valence-corrected chi connectivity index (χ0v) is 11.8. The summed E-state index contributed by atoms with van der Waals surface area (Å²) in [5.41, 5.74) is -0.276. The summed E-state index contributed by atoms with van der Waals surface area (Å²) < 4.78 is 5.40. The van der Waals surface area contributed by atoms with Gasteiger partial charge in [-0.25, -0.2) is 0 Å². The monoisotopic (exact) mass is 284 g/mol. The first kappa shape index (κ1) is 15.3. The second-order valence-corrected chi connectivity index (χ2v) is 5.91. The van der Waals surface area contributed by atoms with Gasteiger partial charge in [0.2, 0.25) is 5.91 Å². The number of hydrogen-bond donors (Lipinski definition) is 3. The summed E-state index contributed by atoms with van der Waals surface area (Å²) in [5.74, 6) is -0.913. The Morgan fingerprint density at radius 3 is 2.65 bits per heavy atom. The Morgan fingerprint density at radius 2 is 2.05 bits per heavy atom. The molecule has 3 N–H and O–H groups in total. The Kier molecular flexibility index (Phi) is 5.37. The van der Waals surface area contributed by atoms with E-state index in [-0.39, 0.29) is 17.7 Å². The Bertz CT molecular complexity index is 347. The minimum Gasteiger partial charge on any atom is -0.481 e. The number of carboxylic acid groups (broad SMARTS) is 1. The molecule has 6 nitrogen and oxygen atoms in total. The predicted octanol–water partition coefficient (Wildman–Crippen LogP) is 0.516. The molecule has 2 aliphatic rings. The highest BCUT2D eigenvalue weighted by Gasteiger charge is 2.35. The van der Waals surface area contributed by atoms with Crippen molar-refractivity contribution >= 4 is 11.9 Å². The number of ether oxygens (including phenoxy) is 1. The van der Waals surface area contributed by atoms with Crippen molar-refractivity contribution in [2.45, 2.75) is 44.6 Å². The number of hydrogen-bond acceptors (Lipinski definition) is 4. The van der Waals surface area contributed by atoms with E-state index in [1.54, 1.807) is 0 Å². The molecule has 0 bridgehead atoms. The normalized spacial score (nSPS) is 25.9. The summed E-state index contributed by atoms with van der Waals surface area (Å²) in [7, 11) is 0. The SMILES string of the molecule is O=C(O)CC1(CNC(=O)C2CNCCO2)CCCCC1. The maximum atomic E-state index is 12.0. The van der Waals surface area contributed by atoms with E-state index in [0.29, 0.717) is 19.7 Å². The number of nitrogens with one attached hydrogen (secondary N) is 2. The van der Waals surface area contributed by atoms with Crippen LogP contribution in [0.2, 0.25) is 0 Å². The average molecular weight is 284 g/mol. The zero-order chi connectivity index (χ0) is 14.4. The molecule has 1 atom stereocenters. The number of aliphatic carboxylic acids is 1. The first-order valence-electron chi connectivity index (χ1n) is 7.43. The molecule has 1 aliphatic carbocycles. The van der Waals surface area contributed by atoms with Crippen LogP contribution in [0.3, 0.4) is 0 Å². The number of rotatable bonds is 5. The molecular weight excluding hydrogens is 260 g/mol. The van der Waals surface area contributed by atoms with Crippen LogP contribution in [0.5, 0.6) is 0 Å². The third-order valence-corrected chi connectivity index (χ3v) is 4.30. The molecular formula is C14H24N2O4. The number of morpholine rings is 1. The van der Waals surface area contributed by atoms with Gasteiger partial charge in [-0.15, -0.1) is 0 Å². The Hall–Kier alpha value is -1.14. The van der Waals surface area contributed by atoms with Crippen molar-refractivity contribution in [2.24, 2.45) is 5.41 Å². The van der Waals surface area contributed by atoms with Crippen LogP contribution in [0.1, 0.15) is 38.5 Å². The summed E-state index contributed by atoms with van der Waals surface area (Å²) in [6, 6.07) is 0. The lowest BCUT2D eigenvalue weighted by Gasteiger charge is -2.36. The average Bonchev–Trinajstić information content (AvgIpc) is 2.46. The Morgan fingerprint density at radius 1 is 1.30 bits per heavy atom. The molecule has 0 radical (unpaired) electrons. The lowest BCUT2D eigenvalue weighted by molar-refractivity contribution is -0.141. The lowest BCUT2D eigenvalue weighted by Crippen LogP contribution is -2.50. The third-order valence-electron chi connectivity index (χ3n) is 4.30. The molecule has 2 rings (SSSR count). The first-order chi connectivity index (χ1) is 9.61. The van der Waals surface area contributed by atoms with Gasteiger partial charge in [0.1, 0.15) is 6.10 Å². The third kappa shape index (κ3) is 4.18. The molecule has 1 unspecified atom stereocenters. The van der Waals surface area contributed by atoms with Crippen LogP contribution in [0, 0.1) is 5.41 Å². The number of carboxylic acids is 1. The van der Waals surface area contributed by atoms with Crippen LogP contribution in [0.25, 0.3) is 0 Å². The van der Waals surface area contributed by atoms with Crippen molar-refractivity contribution in [3.8, 4) is 0 Å². The lowest BCUT2D eigenvalue weighted by atomic mass is 9.71. The zero-order valence-electron chi connectivity index (χ0n) is 11.8. The largest absolute Gasteiger partial charge is 0.481 e. The van der Waals surface area contributed by atoms with E-state index in [9.17, 15) is 9.59 Å². The van der Waals surface area contributed by atoms with E-state index in [2.05, 4.69) is 10.6 Å². The van der Waals surface area contributed by atoms with Gasteiger partial charge in [-0.1, -0.05) is 19.3 Å². The fourth-order valence-corrected chi connectivity index (χ4v) is 3.16. The van der Waals surface area contributed by atoms with Crippen LogP contribution < -0.4 is 10.6 Å². The smallest absolute Gasteiger partial charge is 0.303 e. The van der Waals surface area contributed by atoms with Gasteiger partial charge in [-0.05, 0) is 18.3 Å². The highest BCUT2D eigenvalue weighted by atomic mass is 16.5. The number of carbonyl (C=O) groups is 2. The summed E-state index contributed by atoms with van der Waals surface area (Å²) in [6.07, 6.45) is 4.69. The minimum absolute atomic E-state index is 0.132. The molecule has 2 fully saturated rings. The van der Waals surface area contributed by atoms with E-state index < -0.39 is 12.1 Å². The number of carbonyl (C=O) groups excluding carboxylic acids is 1. The van der Waals surface area contributed by atoms with Crippen molar-refractivity contribution in [3.63, 3.8) is 0 Å². The first-order valence-corrected chi connectivity index (χ1v) is 7.43. The molecule has 0 aromatic carbocycles. The fraction of sp³-hybridized carbons (Fsp3) is 0.857. The van der Waals surface area contributed by atoms with Crippen molar-refractivity contribution < 1.29 is 19.4 Å². The Labute approximate surface area is 119 Å². The summed E-state index contributed by atoms with van der Waals surface area (Å²) in [6.45, 7) is 2.28. The van der Waals surface area contributed by atoms with Gasteiger partial charge in [0.15, 0.2) is 0 Å². The van der Waals surface area contributed by atoms with Crippen LogP contribution in [-0.2, 0) is 14.3 Å². The Balaban J connectivity index is 1.87. The van der Waals surface area contributed by atoms with Crippen LogP contribution >= 0.6 is 0 Å². The second-order valence-electron chi connectivity index (χ2n) is 5.91. The van der Waals surface area contributed by atoms with Gasteiger partial charge in [0.25, 0.3) is 0 Å². The van der Waals surface area contributed by atoms with Crippen molar-refractivity contribution in [1.29, 1.82) is 0 Å². The van der Waals surface area contributed by atoms with Gasteiger partial charge in [-0.2, -0.15) is 0 Å². The standard InChI is InChI=1S/C14H24N2O4/c17-12(18)8-14(4-2-1-3-5-14)10-16-13(19)11-9-15-6-7-20-11/h11,15H,1-10H2,(H,16,19)(H,17,18). The van der Waals surface area contributed by atoms with Gasteiger partial charge in [0, 0.05) is 19.6 Å². The highest BCUT2D eigenvalue weighted by Crippen LogP contribution is 2.38. The molecule has 1 saturated carbocycles. The van der Waals surface area contributed by atoms with Gasteiger partial charge in [0.05, 0.1) is 13.0 Å². The molecule has 20 heavy (non-hydrogen) atoms. The quantitative estimate of drug-likeness (QED) is 0.685. The molecule has 0 aromatic heterocycles. The van der Waals surface area contributed by atoms with Crippen molar-refractivity contribution in [1.82, 2.24) is 10.6 Å². The van der Waals surface area contributed by atoms with Crippen LogP contribution in [0.15, 0.2) is 0 Å². The molecule has 6 heteroatoms. The summed E-state index contributed by atoms with van der Waals surface area (Å²) >= 11 is 0. The van der Waals surface area contributed by atoms with E-state index in [0.717, 1.165) is 38.6 Å². The van der Waals surface area contributed by atoms with E-state index in [1.165, 1.54) is 0 Å². The minimum atomic E-state index is -0.781. The molecule has 0 aromatic rings. The van der Waals surface area contributed by atoms with Gasteiger partial charge in [-0.3, -0.25) is 9.59 Å². The van der Waals surface area contributed by atoms with E-state index in [1.807, 2.05) is 0 Å². The molecule has 1 heterocycles. The van der Waals surface area contributed by atoms with E-state index in [4.69, 9.17) is 9.84 Å². The van der Waals surface area contributed by atoms with Gasteiger partial charge >= 0.3 is 5.97 Å². The van der Waals surface area contributed by atoms with Crippen molar-refractivity contribution in [3.05, 3.63) is 0 Å². The number of amides is 1. The van der Waals surface area contributed by atoms with Crippen LogP contribution in [0.4, 0.5) is 0 Å². The molecule has 1 amide bonds. The molecule has 1 aliphatic heterocycles. The molecule has 114 valence electrons. The predicted molar refractivity (Wildman–Crippen MR) is 73.4 cm³/mol. The highest BCUT2D eigenvalue weighted by molar-refractivity contribution is 5.81. The van der Waals surface area contributed by atoms with Crippen molar-refractivity contribution in [2.75, 3.05) is 26.2 Å². The second kappa shape index (κ2) is 7.04. The summed E-state index contributed by atoms with van der Waals surface area (Å²) in [4.78, 5) is 23.1. The van der Waals surface area contributed by atoms with Crippen LogP contribution in [-0.4, -0.2) is 49.3 Å². The molecule has 0 spiro atoms. The summed E-state index contributed by atoms with van der Waals surface area (Å²) in [5, 5.41) is 15.1. The maximum absolute atomic E-state index is 12.0. The van der Waals surface area contributed by atoms with E-state index >= 15 is 0 Å².